The van der Waals surface area contributed by atoms with Gasteiger partial charge in [0.05, 0.1) is 7.11 Å². The van der Waals surface area contributed by atoms with Gasteiger partial charge in [0.2, 0.25) is 0 Å². The quantitative estimate of drug-likeness (QED) is 0.807. The number of amides is 1. The molecule has 1 N–H and O–H groups in total. The molecule has 0 atom stereocenters. The van der Waals surface area contributed by atoms with Crippen molar-refractivity contribution < 1.29 is 14.3 Å². The van der Waals surface area contributed by atoms with Crippen LogP contribution in [0.15, 0.2) is 18.2 Å². The second-order valence-electron chi connectivity index (χ2n) is 4.33. The van der Waals surface area contributed by atoms with Crippen molar-refractivity contribution in [2.45, 2.75) is 13.5 Å². The van der Waals surface area contributed by atoms with Crippen LogP contribution in [0.1, 0.15) is 12.5 Å². The van der Waals surface area contributed by atoms with E-state index in [0.717, 1.165) is 12.1 Å². The minimum atomic E-state index is -0.0720. The highest BCUT2D eigenvalue weighted by molar-refractivity contribution is 5.77. The van der Waals surface area contributed by atoms with Gasteiger partial charge in [-0.05, 0) is 12.6 Å². The molecule has 106 valence electrons. The average molecular weight is 266 g/mol. The minimum Gasteiger partial charge on any atom is -0.497 e. The number of carbonyl (C=O) groups excluding carboxylic acids is 1. The zero-order valence-corrected chi connectivity index (χ0v) is 12.0. The number of hydrogen-bond acceptors (Lipinski definition) is 4. The van der Waals surface area contributed by atoms with Gasteiger partial charge in [0.1, 0.15) is 11.5 Å². The molecule has 0 aliphatic heterocycles. The Morgan fingerprint density at radius 1 is 1.37 bits per heavy atom. The summed E-state index contributed by atoms with van der Waals surface area (Å²) in [6, 6.07) is 5.62. The van der Waals surface area contributed by atoms with E-state index in [1.54, 1.807) is 27.3 Å². The van der Waals surface area contributed by atoms with Crippen LogP contribution in [0.4, 0.5) is 0 Å². The summed E-state index contributed by atoms with van der Waals surface area (Å²) >= 11 is 0. The van der Waals surface area contributed by atoms with Gasteiger partial charge in [-0.25, -0.2) is 0 Å². The van der Waals surface area contributed by atoms with Crippen LogP contribution in [0.5, 0.6) is 11.5 Å². The molecule has 0 fully saturated rings. The van der Waals surface area contributed by atoms with Crippen molar-refractivity contribution in [3.63, 3.8) is 0 Å². The Morgan fingerprint density at radius 3 is 2.68 bits per heavy atom. The maximum Gasteiger partial charge on any atom is 0.259 e. The van der Waals surface area contributed by atoms with Crippen LogP contribution < -0.4 is 14.8 Å². The molecule has 5 heteroatoms. The fourth-order valence-electron chi connectivity index (χ4n) is 1.47. The first kappa shape index (κ1) is 15.3. The van der Waals surface area contributed by atoms with Crippen LogP contribution in [0.25, 0.3) is 0 Å². The van der Waals surface area contributed by atoms with E-state index >= 15 is 0 Å². The van der Waals surface area contributed by atoms with Crippen LogP contribution in [0.3, 0.4) is 0 Å². The van der Waals surface area contributed by atoms with Crippen molar-refractivity contribution in [3.8, 4) is 11.5 Å². The third-order valence-electron chi connectivity index (χ3n) is 2.69. The highest BCUT2D eigenvalue weighted by Crippen LogP contribution is 2.24. The number of methoxy groups -OCH3 is 1. The molecule has 0 saturated carbocycles. The van der Waals surface area contributed by atoms with Gasteiger partial charge in [0.25, 0.3) is 5.91 Å². The van der Waals surface area contributed by atoms with Gasteiger partial charge in [-0.15, -0.1) is 0 Å². The monoisotopic (exact) mass is 266 g/mol. The van der Waals surface area contributed by atoms with Crippen molar-refractivity contribution in [2.75, 3.05) is 34.4 Å². The van der Waals surface area contributed by atoms with Crippen LogP contribution in [-0.4, -0.2) is 45.2 Å². The van der Waals surface area contributed by atoms with Gasteiger partial charge in [-0.3, -0.25) is 4.79 Å². The molecule has 0 radical (unpaired) electrons. The fourth-order valence-corrected chi connectivity index (χ4v) is 1.47. The van der Waals surface area contributed by atoms with Gasteiger partial charge >= 0.3 is 0 Å². The van der Waals surface area contributed by atoms with Crippen molar-refractivity contribution in [3.05, 3.63) is 23.8 Å². The predicted molar refractivity (Wildman–Crippen MR) is 74.6 cm³/mol. The normalized spacial score (nSPS) is 10.1. The number of nitrogens with zero attached hydrogens (tertiary/aromatic N) is 1. The molecule has 1 aromatic rings. The Kier molecular flexibility index (Phi) is 6.15. The molecule has 0 heterocycles. The molecule has 19 heavy (non-hydrogen) atoms. The van der Waals surface area contributed by atoms with Gasteiger partial charge in [0, 0.05) is 32.3 Å². The minimum absolute atomic E-state index is 0.0271. The summed E-state index contributed by atoms with van der Waals surface area (Å²) in [7, 11) is 5.02. The molecular formula is C14H22N2O3. The highest BCUT2D eigenvalue weighted by atomic mass is 16.5. The molecule has 1 rings (SSSR count). The molecule has 0 unspecified atom stereocenters. The van der Waals surface area contributed by atoms with E-state index < -0.39 is 0 Å². The standard InChI is InChI=1S/C14H22N2O3/c1-5-15-9-11-6-7-12(18-4)8-13(11)19-10-14(17)16(2)3/h6-8,15H,5,9-10H2,1-4H3. The van der Waals surface area contributed by atoms with Crippen molar-refractivity contribution in [2.24, 2.45) is 0 Å². The van der Waals surface area contributed by atoms with Crippen LogP contribution >= 0.6 is 0 Å². The second kappa shape index (κ2) is 7.63. The molecule has 0 aliphatic carbocycles. The van der Waals surface area contributed by atoms with E-state index in [9.17, 15) is 4.79 Å². The van der Waals surface area contributed by atoms with E-state index in [4.69, 9.17) is 9.47 Å². The molecule has 0 bridgehead atoms. The zero-order valence-electron chi connectivity index (χ0n) is 12.0. The number of benzene rings is 1. The van der Waals surface area contributed by atoms with Crippen LogP contribution in [0.2, 0.25) is 0 Å². The Hall–Kier alpha value is -1.75. The Balaban J connectivity index is 2.78. The Labute approximate surface area is 114 Å². The first-order valence-corrected chi connectivity index (χ1v) is 6.29. The number of rotatable bonds is 7. The Bertz CT molecular complexity index is 419. The fraction of sp³-hybridized carbons (Fsp3) is 0.500. The molecule has 5 nitrogen and oxygen atoms in total. The zero-order chi connectivity index (χ0) is 14.3. The third-order valence-corrected chi connectivity index (χ3v) is 2.69. The largest absolute Gasteiger partial charge is 0.497 e. The third kappa shape index (κ3) is 4.79. The number of carbonyl (C=O) groups is 1. The molecule has 0 aromatic heterocycles. The van der Waals surface area contributed by atoms with Gasteiger partial charge in [-0.1, -0.05) is 13.0 Å². The van der Waals surface area contributed by atoms with Crippen molar-refractivity contribution in [1.29, 1.82) is 0 Å². The molecule has 0 aliphatic rings. The van der Waals surface area contributed by atoms with Gasteiger partial charge in [-0.2, -0.15) is 0 Å². The number of likely N-dealkylation sites (N-methyl/N-ethyl adjacent to an activating group) is 1. The van der Waals surface area contributed by atoms with Gasteiger partial charge < -0.3 is 19.7 Å². The first-order valence-electron chi connectivity index (χ1n) is 6.29. The molecule has 0 spiro atoms. The predicted octanol–water partition coefficient (Wildman–Crippen LogP) is 1.27. The van der Waals surface area contributed by atoms with Crippen LogP contribution in [-0.2, 0) is 11.3 Å². The van der Waals surface area contributed by atoms with Crippen LogP contribution in [0, 0.1) is 0 Å². The average Bonchev–Trinajstić information content (AvgIpc) is 2.42. The molecule has 1 aromatic carbocycles. The molecule has 1 amide bonds. The van der Waals surface area contributed by atoms with E-state index in [2.05, 4.69) is 5.32 Å². The van der Waals surface area contributed by atoms with E-state index in [-0.39, 0.29) is 12.5 Å². The van der Waals surface area contributed by atoms with Gasteiger partial charge in [0.15, 0.2) is 6.61 Å². The summed E-state index contributed by atoms with van der Waals surface area (Å²) < 4.78 is 10.8. The lowest BCUT2D eigenvalue weighted by atomic mass is 10.2. The first-order chi connectivity index (χ1) is 9.08. The SMILES string of the molecule is CCNCc1ccc(OC)cc1OCC(=O)N(C)C. The maximum absolute atomic E-state index is 11.6. The highest BCUT2D eigenvalue weighted by Gasteiger charge is 2.09. The van der Waals surface area contributed by atoms with E-state index in [1.807, 2.05) is 19.1 Å². The lowest BCUT2D eigenvalue weighted by Crippen LogP contribution is -2.27. The summed E-state index contributed by atoms with van der Waals surface area (Å²) in [5.74, 6) is 1.32. The lowest BCUT2D eigenvalue weighted by molar-refractivity contribution is -0.130. The summed E-state index contributed by atoms with van der Waals surface area (Å²) in [6.45, 7) is 3.65. The smallest absolute Gasteiger partial charge is 0.259 e. The number of hydrogen-bond donors (Lipinski definition) is 1. The van der Waals surface area contributed by atoms with Crippen molar-refractivity contribution in [1.82, 2.24) is 10.2 Å². The molecular weight excluding hydrogens is 244 g/mol. The summed E-state index contributed by atoms with van der Waals surface area (Å²) in [4.78, 5) is 13.1. The summed E-state index contributed by atoms with van der Waals surface area (Å²) in [5.41, 5.74) is 1.01. The van der Waals surface area contributed by atoms with E-state index in [1.165, 1.54) is 4.90 Å². The van der Waals surface area contributed by atoms with Crippen molar-refractivity contribution >= 4 is 5.91 Å². The Morgan fingerprint density at radius 2 is 2.11 bits per heavy atom. The molecule has 0 saturated heterocycles. The number of ether oxygens (including phenoxy) is 2. The number of nitrogens with one attached hydrogen (secondary N) is 1. The lowest BCUT2D eigenvalue weighted by Gasteiger charge is -2.15. The maximum atomic E-state index is 11.6. The topological polar surface area (TPSA) is 50.8 Å². The second-order valence-corrected chi connectivity index (χ2v) is 4.33. The summed E-state index contributed by atoms with van der Waals surface area (Å²) in [5, 5.41) is 3.24. The summed E-state index contributed by atoms with van der Waals surface area (Å²) in [6.07, 6.45) is 0. The van der Waals surface area contributed by atoms with E-state index in [0.29, 0.717) is 18.0 Å².